The number of benzene rings is 1. The molecular formula is C13H16. The molecule has 68 valence electrons. The summed E-state index contributed by atoms with van der Waals surface area (Å²) < 4.78 is 0. The third-order valence-electron chi connectivity index (χ3n) is 2.99. The number of fused-ring (bicyclic) bond motifs is 1. The lowest BCUT2D eigenvalue weighted by Gasteiger charge is -2.20. The SMILES string of the molecule is C=CCC1(C)Cc2ccccc2C1. The molecule has 0 fully saturated rings. The van der Waals surface area contributed by atoms with Gasteiger partial charge in [0.05, 0.1) is 0 Å². The van der Waals surface area contributed by atoms with Gasteiger partial charge < -0.3 is 0 Å². The number of rotatable bonds is 2. The van der Waals surface area contributed by atoms with Gasteiger partial charge in [-0.1, -0.05) is 37.3 Å². The predicted molar refractivity (Wildman–Crippen MR) is 56.8 cm³/mol. The lowest BCUT2D eigenvalue weighted by Crippen LogP contribution is -2.14. The van der Waals surface area contributed by atoms with Crippen LogP contribution in [0.25, 0.3) is 0 Å². The Hall–Kier alpha value is -1.04. The zero-order chi connectivity index (χ0) is 9.31. The third kappa shape index (κ3) is 1.53. The van der Waals surface area contributed by atoms with E-state index in [2.05, 4.69) is 37.8 Å². The van der Waals surface area contributed by atoms with Gasteiger partial charge in [-0.15, -0.1) is 6.58 Å². The summed E-state index contributed by atoms with van der Waals surface area (Å²) in [5.41, 5.74) is 3.50. The van der Waals surface area contributed by atoms with Gasteiger partial charge in [-0.2, -0.15) is 0 Å². The minimum absolute atomic E-state index is 0.436. The second-order valence-corrected chi connectivity index (χ2v) is 4.43. The number of hydrogen-bond acceptors (Lipinski definition) is 0. The van der Waals surface area contributed by atoms with E-state index >= 15 is 0 Å². The maximum absolute atomic E-state index is 3.83. The van der Waals surface area contributed by atoms with Crippen LogP contribution in [0.15, 0.2) is 36.9 Å². The molecule has 13 heavy (non-hydrogen) atoms. The minimum atomic E-state index is 0.436. The van der Waals surface area contributed by atoms with E-state index in [0.717, 1.165) is 6.42 Å². The largest absolute Gasteiger partial charge is 0.103 e. The molecule has 0 atom stereocenters. The lowest BCUT2D eigenvalue weighted by molar-refractivity contribution is 0.351. The van der Waals surface area contributed by atoms with Crippen molar-refractivity contribution in [2.75, 3.05) is 0 Å². The van der Waals surface area contributed by atoms with Crippen molar-refractivity contribution in [2.45, 2.75) is 26.2 Å². The fourth-order valence-corrected chi connectivity index (χ4v) is 2.38. The Kier molecular flexibility index (Phi) is 1.99. The van der Waals surface area contributed by atoms with Gasteiger partial charge in [0.25, 0.3) is 0 Å². The molecule has 1 aliphatic carbocycles. The van der Waals surface area contributed by atoms with Crippen molar-refractivity contribution in [1.29, 1.82) is 0 Å². The monoisotopic (exact) mass is 172 g/mol. The molecule has 0 unspecified atom stereocenters. The molecule has 1 aromatic rings. The van der Waals surface area contributed by atoms with Crippen LogP contribution in [0, 0.1) is 5.41 Å². The van der Waals surface area contributed by atoms with Crippen molar-refractivity contribution >= 4 is 0 Å². The summed E-state index contributed by atoms with van der Waals surface area (Å²) in [7, 11) is 0. The summed E-state index contributed by atoms with van der Waals surface area (Å²) in [6.07, 6.45) is 5.61. The molecule has 0 nitrogen and oxygen atoms in total. The molecule has 2 rings (SSSR count). The summed E-state index contributed by atoms with van der Waals surface area (Å²) in [6.45, 7) is 6.19. The first-order valence-corrected chi connectivity index (χ1v) is 4.91. The fraction of sp³-hybridized carbons (Fsp3) is 0.385. The van der Waals surface area contributed by atoms with E-state index in [-0.39, 0.29) is 0 Å². The summed E-state index contributed by atoms with van der Waals surface area (Å²) >= 11 is 0. The Bertz CT molecular complexity index is 298. The van der Waals surface area contributed by atoms with Crippen molar-refractivity contribution < 1.29 is 0 Å². The fourth-order valence-electron chi connectivity index (χ4n) is 2.38. The summed E-state index contributed by atoms with van der Waals surface area (Å²) in [5.74, 6) is 0. The summed E-state index contributed by atoms with van der Waals surface area (Å²) in [5, 5.41) is 0. The highest BCUT2D eigenvalue weighted by atomic mass is 14.3. The van der Waals surface area contributed by atoms with Crippen molar-refractivity contribution in [3.8, 4) is 0 Å². The van der Waals surface area contributed by atoms with Gasteiger partial charge in [-0.3, -0.25) is 0 Å². The molecule has 0 heteroatoms. The van der Waals surface area contributed by atoms with Gasteiger partial charge in [0.15, 0.2) is 0 Å². The van der Waals surface area contributed by atoms with Crippen LogP contribution in [0.1, 0.15) is 24.5 Å². The summed E-state index contributed by atoms with van der Waals surface area (Å²) in [6, 6.07) is 8.78. The molecule has 0 N–H and O–H groups in total. The van der Waals surface area contributed by atoms with Crippen LogP contribution in [-0.4, -0.2) is 0 Å². The first kappa shape index (κ1) is 8.55. The van der Waals surface area contributed by atoms with E-state index in [1.165, 1.54) is 24.0 Å². The Morgan fingerprint density at radius 2 is 1.85 bits per heavy atom. The highest BCUT2D eigenvalue weighted by Crippen LogP contribution is 2.39. The average Bonchev–Trinajstić information content (AvgIpc) is 2.40. The van der Waals surface area contributed by atoms with Crippen LogP contribution in [0.5, 0.6) is 0 Å². The van der Waals surface area contributed by atoms with E-state index in [1.807, 2.05) is 6.08 Å². The molecule has 0 aliphatic heterocycles. The normalized spacial score (nSPS) is 18.2. The highest BCUT2D eigenvalue weighted by molar-refractivity contribution is 5.34. The van der Waals surface area contributed by atoms with Gasteiger partial charge in [0.1, 0.15) is 0 Å². The third-order valence-corrected chi connectivity index (χ3v) is 2.99. The summed E-state index contributed by atoms with van der Waals surface area (Å²) in [4.78, 5) is 0. The Labute approximate surface area is 80.3 Å². The van der Waals surface area contributed by atoms with Crippen LogP contribution < -0.4 is 0 Å². The van der Waals surface area contributed by atoms with Gasteiger partial charge in [0.2, 0.25) is 0 Å². The zero-order valence-corrected chi connectivity index (χ0v) is 8.22. The molecule has 0 saturated carbocycles. The van der Waals surface area contributed by atoms with E-state index in [1.54, 1.807) is 0 Å². The van der Waals surface area contributed by atoms with Crippen LogP contribution >= 0.6 is 0 Å². The van der Waals surface area contributed by atoms with Crippen molar-refractivity contribution in [2.24, 2.45) is 5.41 Å². The van der Waals surface area contributed by atoms with E-state index in [4.69, 9.17) is 0 Å². The Balaban J connectivity index is 2.26. The maximum atomic E-state index is 3.83. The van der Waals surface area contributed by atoms with Gasteiger partial charge in [-0.05, 0) is 35.8 Å². The molecule has 0 heterocycles. The second-order valence-electron chi connectivity index (χ2n) is 4.43. The van der Waals surface area contributed by atoms with Crippen LogP contribution in [0.3, 0.4) is 0 Å². The lowest BCUT2D eigenvalue weighted by atomic mass is 9.84. The molecule has 1 aromatic carbocycles. The first-order chi connectivity index (χ1) is 6.23. The van der Waals surface area contributed by atoms with Crippen molar-refractivity contribution in [3.05, 3.63) is 48.0 Å². The van der Waals surface area contributed by atoms with Crippen LogP contribution in [-0.2, 0) is 12.8 Å². The molecule has 0 radical (unpaired) electrons. The molecule has 0 amide bonds. The van der Waals surface area contributed by atoms with Crippen molar-refractivity contribution in [1.82, 2.24) is 0 Å². The van der Waals surface area contributed by atoms with Gasteiger partial charge in [0, 0.05) is 0 Å². The van der Waals surface area contributed by atoms with Gasteiger partial charge in [-0.25, -0.2) is 0 Å². The second kappa shape index (κ2) is 3.02. The first-order valence-electron chi connectivity index (χ1n) is 4.91. The zero-order valence-electron chi connectivity index (χ0n) is 8.22. The smallest absolute Gasteiger partial charge is 0.0210 e. The standard InChI is InChI=1S/C13H16/c1-3-8-13(2)9-11-6-4-5-7-12(11)10-13/h3-7H,1,8-10H2,2H3. The number of hydrogen-bond donors (Lipinski definition) is 0. The van der Waals surface area contributed by atoms with E-state index in [9.17, 15) is 0 Å². The van der Waals surface area contributed by atoms with Crippen LogP contribution in [0.4, 0.5) is 0 Å². The topological polar surface area (TPSA) is 0 Å². The van der Waals surface area contributed by atoms with Gasteiger partial charge >= 0.3 is 0 Å². The quantitative estimate of drug-likeness (QED) is 0.600. The molecule has 1 aliphatic rings. The molecule has 0 spiro atoms. The number of allylic oxidation sites excluding steroid dienone is 1. The average molecular weight is 172 g/mol. The molecule has 0 aromatic heterocycles. The highest BCUT2D eigenvalue weighted by Gasteiger charge is 2.30. The molecule has 0 saturated heterocycles. The predicted octanol–water partition coefficient (Wildman–Crippen LogP) is 3.37. The Morgan fingerprint density at radius 3 is 2.31 bits per heavy atom. The minimum Gasteiger partial charge on any atom is -0.103 e. The maximum Gasteiger partial charge on any atom is -0.0210 e. The molecule has 0 bridgehead atoms. The van der Waals surface area contributed by atoms with Crippen molar-refractivity contribution in [3.63, 3.8) is 0 Å². The molecular weight excluding hydrogens is 156 g/mol. The van der Waals surface area contributed by atoms with E-state index in [0.29, 0.717) is 5.41 Å². The van der Waals surface area contributed by atoms with Crippen LogP contribution in [0.2, 0.25) is 0 Å². The van der Waals surface area contributed by atoms with E-state index < -0.39 is 0 Å². The Morgan fingerprint density at radius 1 is 1.31 bits per heavy atom.